The normalized spacial score (nSPS) is 11.1. The van der Waals surface area contributed by atoms with Gasteiger partial charge in [-0.1, -0.05) is 117 Å². The van der Waals surface area contributed by atoms with Crippen molar-refractivity contribution in [2.75, 3.05) is 0 Å². The summed E-state index contributed by atoms with van der Waals surface area (Å²) in [6, 6.07) is 30.3. The van der Waals surface area contributed by atoms with Crippen molar-refractivity contribution in [1.82, 2.24) is 0 Å². The van der Waals surface area contributed by atoms with Gasteiger partial charge in [-0.25, -0.2) is 0 Å². The third kappa shape index (κ3) is 7.15. The molecular weight excluding hydrogens is 636 g/mol. The lowest BCUT2D eigenvalue weighted by molar-refractivity contribution is -0.384. The van der Waals surface area contributed by atoms with E-state index in [0.717, 1.165) is 55.6 Å². The minimum absolute atomic E-state index is 0.0457. The fourth-order valence-corrected chi connectivity index (χ4v) is 7.37. The molecule has 6 rings (SSSR count). The Kier molecular flexibility index (Phi) is 9.32. The van der Waals surface area contributed by atoms with Crippen LogP contribution < -0.4 is 4.74 Å². The van der Waals surface area contributed by atoms with Crippen LogP contribution in [0.15, 0.2) is 97.1 Å². The summed E-state index contributed by atoms with van der Waals surface area (Å²) in [6.07, 6.45) is 0. The highest BCUT2D eigenvalue weighted by Crippen LogP contribution is 2.51. The number of hydrogen-bond acceptors (Lipinski definition) is 5. The van der Waals surface area contributed by atoms with Crippen LogP contribution in [0.2, 0.25) is 0 Å². The Morgan fingerprint density at radius 1 is 0.373 bits per heavy atom. The van der Waals surface area contributed by atoms with Gasteiger partial charge in [0.2, 0.25) is 0 Å². The van der Waals surface area contributed by atoms with Gasteiger partial charge in [-0.3, -0.25) is 20.2 Å². The minimum atomic E-state index is -0.353. The van der Waals surface area contributed by atoms with E-state index < -0.39 is 0 Å². The Morgan fingerprint density at radius 2 is 0.608 bits per heavy atom. The first-order valence-corrected chi connectivity index (χ1v) is 16.8. The third-order valence-electron chi connectivity index (χ3n) is 8.94. The van der Waals surface area contributed by atoms with Crippen LogP contribution in [0.25, 0.3) is 44.5 Å². The van der Waals surface area contributed by atoms with Crippen LogP contribution in [0.4, 0.5) is 11.4 Å². The number of benzene rings is 6. The van der Waals surface area contributed by atoms with E-state index in [1.807, 2.05) is 116 Å². The number of aryl methyl sites for hydroxylation is 8. The number of hydrogen-bond donors (Lipinski definition) is 0. The van der Waals surface area contributed by atoms with Gasteiger partial charge < -0.3 is 4.74 Å². The van der Waals surface area contributed by atoms with Gasteiger partial charge in [0.15, 0.2) is 0 Å². The Hall–Kier alpha value is -6.08. The lowest BCUT2D eigenvalue weighted by atomic mass is 9.88. The van der Waals surface area contributed by atoms with E-state index in [1.54, 1.807) is 12.1 Å². The van der Waals surface area contributed by atoms with Crippen LogP contribution in [-0.2, 0) is 0 Å². The number of rotatable bonds is 8. The second-order valence-electron chi connectivity index (χ2n) is 13.8. The summed E-state index contributed by atoms with van der Waals surface area (Å²) in [7, 11) is 0. The van der Waals surface area contributed by atoms with Gasteiger partial charge in [0.05, 0.1) is 21.0 Å². The molecule has 0 atom stereocenters. The molecule has 0 aliphatic carbocycles. The highest BCUT2D eigenvalue weighted by Gasteiger charge is 2.29. The molecule has 0 spiro atoms. The number of ether oxygens (including phenoxy) is 1. The zero-order valence-corrected chi connectivity index (χ0v) is 30.2. The van der Waals surface area contributed by atoms with Crippen LogP contribution in [0.1, 0.15) is 44.5 Å². The molecule has 0 fully saturated rings. The van der Waals surface area contributed by atoms with E-state index in [2.05, 4.69) is 12.1 Å². The fraction of sp³-hybridized carbons (Fsp3) is 0.182. The third-order valence-corrected chi connectivity index (χ3v) is 8.94. The van der Waals surface area contributed by atoms with Gasteiger partial charge >= 0.3 is 0 Å². The lowest BCUT2D eigenvalue weighted by Gasteiger charge is -2.21. The molecule has 51 heavy (non-hydrogen) atoms. The highest BCUT2D eigenvalue weighted by molar-refractivity contribution is 5.96. The predicted octanol–water partition coefficient (Wildman–Crippen LogP) is 12.4. The van der Waals surface area contributed by atoms with Gasteiger partial charge in [0, 0.05) is 23.3 Å². The molecule has 0 saturated carbocycles. The van der Waals surface area contributed by atoms with Crippen molar-refractivity contribution in [3.8, 4) is 56.0 Å². The summed E-state index contributed by atoms with van der Waals surface area (Å²) in [5, 5.41) is 25.4. The number of nitrogens with zero attached hydrogens (tertiary/aromatic N) is 2. The van der Waals surface area contributed by atoms with Gasteiger partial charge in [-0.05, 0) is 89.8 Å². The van der Waals surface area contributed by atoms with Crippen LogP contribution in [0, 0.1) is 75.6 Å². The second-order valence-corrected chi connectivity index (χ2v) is 13.8. The van der Waals surface area contributed by atoms with Crippen molar-refractivity contribution in [1.29, 1.82) is 0 Å². The lowest BCUT2D eigenvalue weighted by Crippen LogP contribution is -2.01. The molecule has 0 heterocycles. The standard InChI is InChI=1S/C44H40N2O5/c1-25-13-26(2)18-33(17-25)41-37(45(47)48)9-11-39(43(41)35-21-29(5)15-30(6)22-35)51-40-12-10-38(46(49)50)42(34-19-27(3)14-28(4)20-34)44(40)36-23-31(7)16-32(8)24-36/h9-24H,1-8H3. The van der Waals surface area contributed by atoms with Crippen molar-refractivity contribution < 1.29 is 14.6 Å². The maximum Gasteiger partial charge on any atom is 0.278 e. The van der Waals surface area contributed by atoms with Crippen molar-refractivity contribution in [2.45, 2.75) is 55.4 Å². The molecule has 0 aromatic heterocycles. The predicted molar refractivity (Wildman–Crippen MR) is 206 cm³/mol. The number of nitro benzene ring substituents is 2. The molecular formula is C44H40N2O5. The molecule has 0 amide bonds. The van der Waals surface area contributed by atoms with E-state index in [1.165, 1.54) is 12.1 Å². The first kappa shape index (κ1) is 34.8. The molecule has 0 bridgehead atoms. The molecule has 0 radical (unpaired) electrons. The van der Waals surface area contributed by atoms with E-state index in [4.69, 9.17) is 4.74 Å². The molecule has 6 aromatic rings. The summed E-state index contributed by atoms with van der Waals surface area (Å²) in [4.78, 5) is 24.7. The van der Waals surface area contributed by atoms with Crippen LogP contribution >= 0.6 is 0 Å². The molecule has 0 saturated heterocycles. The monoisotopic (exact) mass is 676 g/mol. The first-order chi connectivity index (χ1) is 24.2. The van der Waals surface area contributed by atoms with Gasteiger partial charge in [-0.15, -0.1) is 0 Å². The molecule has 0 unspecified atom stereocenters. The van der Waals surface area contributed by atoms with E-state index in [0.29, 0.717) is 44.9 Å². The Labute approximate surface area is 298 Å². The largest absolute Gasteiger partial charge is 0.456 e. The molecule has 7 heteroatoms. The van der Waals surface area contributed by atoms with Crippen molar-refractivity contribution in [3.63, 3.8) is 0 Å². The first-order valence-electron chi connectivity index (χ1n) is 16.8. The minimum Gasteiger partial charge on any atom is -0.456 e. The summed E-state index contributed by atoms with van der Waals surface area (Å²) in [5.41, 5.74) is 12.8. The zero-order valence-electron chi connectivity index (χ0n) is 30.2. The Morgan fingerprint density at radius 3 is 0.843 bits per heavy atom. The fourth-order valence-electron chi connectivity index (χ4n) is 7.37. The van der Waals surface area contributed by atoms with Crippen molar-refractivity contribution in [2.24, 2.45) is 0 Å². The van der Waals surface area contributed by atoms with Gasteiger partial charge in [0.1, 0.15) is 11.5 Å². The van der Waals surface area contributed by atoms with E-state index in [9.17, 15) is 20.2 Å². The summed E-state index contributed by atoms with van der Waals surface area (Å²) >= 11 is 0. The summed E-state index contributed by atoms with van der Waals surface area (Å²) in [6.45, 7) is 15.9. The molecule has 0 N–H and O–H groups in total. The van der Waals surface area contributed by atoms with E-state index in [-0.39, 0.29) is 21.2 Å². The van der Waals surface area contributed by atoms with Gasteiger partial charge in [-0.2, -0.15) is 0 Å². The van der Waals surface area contributed by atoms with Gasteiger partial charge in [0.25, 0.3) is 11.4 Å². The topological polar surface area (TPSA) is 95.5 Å². The molecule has 256 valence electrons. The average molecular weight is 677 g/mol. The van der Waals surface area contributed by atoms with Crippen LogP contribution in [0.3, 0.4) is 0 Å². The SMILES string of the molecule is Cc1cc(C)cc(-c2c(Oc3ccc([N+](=O)[O-])c(-c4cc(C)cc(C)c4)c3-c3cc(C)cc(C)c3)ccc([N+](=O)[O-])c2-c2cc(C)cc(C)c2)c1. The zero-order chi connectivity index (χ0) is 36.7. The summed E-state index contributed by atoms with van der Waals surface area (Å²) < 4.78 is 6.98. The Balaban J connectivity index is 1.74. The Bertz CT molecular complexity index is 2140. The quantitative estimate of drug-likeness (QED) is 0.118. The summed E-state index contributed by atoms with van der Waals surface area (Å²) in [5.74, 6) is 0.788. The smallest absolute Gasteiger partial charge is 0.278 e. The molecule has 6 aromatic carbocycles. The van der Waals surface area contributed by atoms with Crippen LogP contribution in [-0.4, -0.2) is 9.85 Å². The van der Waals surface area contributed by atoms with Crippen LogP contribution in [0.5, 0.6) is 11.5 Å². The van der Waals surface area contributed by atoms with Crippen molar-refractivity contribution in [3.05, 3.63) is 162 Å². The second kappa shape index (κ2) is 13.7. The van der Waals surface area contributed by atoms with E-state index >= 15 is 0 Å². The highest BCUT2D eigenvalue weighted by atomic mass is 16.6. The number of nitro groups is 2. The maximum absolute atomic E-state index is 12.7. The van der Waals surface area contributed by atoms with Crippen molar-refractivity contribution >= 4 is 11.4 Å². The molecule has 0 aliphatic rings. The maximum atomic E-state index is 12.7. The molecule has 0 aliphatic heterocycles. The average Bonchev–Trinajstić information content (AvgIpc) is 3.02. The molecule has 7 nitrogen and oxygen atoms in total.